The van der Waals surface area contributed by atoms with Crippen LogP contribution in [-0.4, -0.2) is 60.5 Å². The fourth-order valence-corrected chi connectivity index (χ4v) is 2.97. The number of carbonyl (C=O) groups is 2. The fourth-order valence-electron chi connectivity index (χ4n) is 2.97. The Labute approximate surface area is 143 Å². The van der Waals surface area contributed by atoms with Crippen LogP contribution in [-0.2, 0) is 4.74 Å². The second-order valence-electron chi connectivity index (χ2n) is 7.53. The highest BCUT2D eigenvalue weighted by Crippen LogP contribution is 2.20. The van der Waals surface area contributed by atoms with Crippen LogP contribution in [0.5, 0.6) is 0 Å². The van der Waals surface area contributed by atoms with Crippen LogP contribution in [0.2, 0.25) is 0 Å². The first-order valence-electron chi connectivity index (χ1n) is 8.48. The summed E-state index contributed by atoms with van der Waals surface area (Å²) in [5.41, 5.74) is -0.476. The number of ketones is 1. The second kappa shape index (κ2) is 7.83. The highest BCUT2D eigenvalue weighted by atomic mass is 16.6. The number of likely N-dealkylation sites (N-methyl/N-ethyl adjacent to an activating group) is 1. The van der Waals surface area contributed by atoms with E-state index in [0.29, 0.717) is 24.8 Å². The Kier molecular flexibility index (Phi) is 6.04. The Balaban J connectivity index is 1.81. The molecule has 0 N–H and O–H groups in total. The maximum atomic E-state index is 12.2. The lowest BCUT2D eigenvalue weighted by Gasteiger charge is -2.35. The summed E-state index contributed by atoms with van der Waals surface area (Å²) in [7, 11) is 1.92. The number of likely N-dealkylation sites (tertiary alicyclic amines) is 1. The van der Waals surface area contributed by atoms with Crippen LogP contribution in [0.4, 0.5) is 4.79 Å². The van der Waals surface area contributed by atoms with Gasteiger partial charge in [0.15, 0.2) is 5.76 Å². The molecule has 0 spiro atoms. The number of ether oxygens (including phenoxy) is 1. The van der Waals surface area contributed by atoms with Crippen molar-refractivity contribution in [1.29, 1.82) is 0 Å². The molecule has 0 unspecified atom stereocenters. The predicted molar refractivity (Wildman–Crippen MR) is 91.1 cm³/mol. The first kappa shape index (κ1) is 18.5. The molecule has 1 aliphatic heterocycles. The smallest absolute Gasteiger partial charge is 0.410 e. The van der Waals surface area contributed by atoms with Crippen LogP contribution in [0, 0.1) is 5.92 Å². The number of hydrogen-bond donors (Lipinski definition) is 0. The van der Waals surface area contributed by atoms with Gasteiger partial charge in [0.25, 0.3) is 0 Å². The molecule has 0 saturated carbocycles. The van der Waals surface area contributed by atoms with Gasteiger partial charge in [0.2, 0.25) is 5.78 Å². The SMILES string of the molecule is CN(CC(=O)c1ccco1)C[C@@H]1CCCN(C(=O)OC(C)(C)C)C1. The van der Waals surface area contributed by atoms with Crippen molar-refractivity contribution in [2.45, 2.75) is 39.2 Å². The van der Waals surface area contributed by atoms with E-state index in [9.17, 15) is 9.59 Å². The van der Waals surface area contributed by atoms with Crippen molar-refractivity contribution in [2.75, 3.05) is 33.2 Å². The molecule has 1 aliphatic rings. The molecular weight excluding hydrogens is 308 g/mol. The monoisotopic (exact) mass is 336 g/mol. The minimum Gasteiger partial charge on any atom is -0.461 e. The number of Topliss-reactive ketones (excluding diaryl/α,β-unsaturated/α-hetero) is 1. The maximum Gasteiger partial charge on any atom is 0.410 e. The van der Waals surface area contributed by atoms with Gasteiger partial charge < -0.3 is 14.1 Å². The Morgan fingerprint density at radius 2 is 2.17 bits per heavy atom. The number of nitrogens with zero attached hydrogens (tertiary/aromatic N) is 2. The third-order valence-corrected chi connectivity index (χ3v) is 3.95. The van der Waals surface area contributed by atoms with Crippen molar-refractivity contribution in [3.63, 3.8) is 0 Å². The molecule has 2 heterocycles. The van der Waals surface area contributed by atoms with Gasteiger partial charge in [-0.15, -0.1) is 0 Å². The van der Waals surface area contributed by atoms with E-state index in [4.69, 9.17) is 9.15 Å². The van der Waals surface area contributed by atoms with E-state index in [1.807, 2.05) is 32.7 Å². The molecule has 1 atom stereocenters. The summed E-state index contributed by atoms with van der Waals surface area (Å²) in [6.07, 6.45) is 3.27. The van der Waals surface area contributed by atoms with Gasteiger partial charge in [-0.1, -0.05) is 0 Å². The zero-order valence-electron chi connectivity index (χ0n) is 15.1. The van der Waals surface area contributed by atoms with Crippen molar-refractivity contribution in [3.8, 4) is 0 Å². The van der Waals surface area contributed by atoms with Gasteiger partial charge in [-0.3, -0.25) is 9.69 Å². The number of furan rings is 1. The average molecular weight is 336 g/mol. The largest absolute Gasteiger partial charge is 0.461 e. The lowest BCUT2D eigenvalue weighted by atomic mass is 9.97. The van der Waals surface area contributed by atoms with Gasteiger partial charge >= 0.3 is 6.09 Å². The zero-order chi connectivity index (χ0) is 17.7. The highest BCUT2D eigenvalue weighted by molar-refractivity contribution is 5.94. The number of hydrogen-bond acceptors (Lipinski definition) is 5. The van der Waals surface area contributed by atoms with Gasteiger partial charge in [-0.25, -0.2) is 4.79 Å². The van der Waals surface area contributed by atoms with Gasteiger partial charge in [0.05, 0.1) is 12.8 Å². The molecule has 2 rings (SSSR count). The predicted octanol–water partition coefficient (Wildman–Crippen LogP) is 3.04. The molecule has 0 aromatic carbocycles. The Hall–Kier alpha value is -1.82. The van der Waals surface area contributed by atoms with Crippen molar-refractivity contribution in [3.05, 3.63) is 24.2 Å². The van der Waals surface area contributed by atoms with E-state index in [0.717, 1.165) is 25.9 Å². The summed E-state index contributed by atoms with van der Waals surface area (Å²) in [6, 6.07) is 3.40. The standard InChI is InChI=1S/C18H28N2O4/c1-18(2,3)24-17(22)20-9-5-7-14(12-20)11-19(4)13-15(21)16-8-6-10-23-16/h6,8,10,14H,5,7,9,11-13H2,1-4H3/t14-/m0/s1. The molecule has 1 saturated heterocycles. The first-order chi connectivity index (χ1) is 11.2. The first-order valence-corrected chi connectivity index (χ1v) is 8.48. The third kappa shape index (κ3) is 5.67. The summed E-state index contributed by atoms with van der Waals surface area (Å²) in [5.74, 6) is 0.712. The van der Waals surface area contributed by atoms with Gasteiger partial charge in [-0.2, -0.15) is 0 Å². The Morgan fingerprint density at radius 3 is 2.79 bits per heavy atom. The van der Waals surface area contributed by atoms with Crippen molar-refractivity contribution >= 4 is 11.9 Å². The molecule has 6 nitrogen and oxygen atoms in total. The van der Waals surface area contributed by atoms with Gasteiger partial charge in [0, 0.05) is 19.6 Å². The average Bonchev–Trinajstić information content (AvgIpc) is 2.99. The number of amides is 1. The van der Waals surface area contributed by atoms with E-state index in [-0.39, 0.29) is 11.9 Å². The van der Waals surface area contributed by atoms with Crippen molar-refractivity contribution in [1.82, 2.24) is 9.80 Å². The van der Waals surface area contributed by atoms with E-state index in [1.165, 1.54) is 6.26 Å². The normalized spacial score (nSPS) is 18.7. The van der Waals surface area contributed by atoms with E-state index >= 15 is 0 Å². The molecule has 1 aromatic rings. The van der Waals surface area contributed by atoms with Crippen LogP contribution < -0.4 is 0 Å². The Bertz CT molecular complexity index is 548. The lowest BCUT2D eigenvalue weighted by Crippen LogP contribution is -2.45. The molecule has 134 valence electrons. The Morgan fingerprint density at radius 1 is 1.42 bits per heavy atom. The zero-order valence-corrected chi connectivity index (χ0v) is 15.1. The number of piperidine rings is 1. The molecule has 24 heavy (non-hydrogen) atoms. The van der Waals surface area contributed by atoms with Crippen LogP contribution >= 0.6 is 0 Å². The lowest BCUT2D eigenvalue weighted by molar-refractivity contribution is 0.0148. The highest BCUT2D eigenvalue weighted by Gasteiger charge is 2.28. The summed E-state index contributed by atoms with van der Waals surface area (Å²) in [6.45, 7) is 8.12. The molecule has 0 radical (unpaired) electrons. The summed E-state index contributed by atoms with van der Waals surface area (Å²) < 4.78 is 10.6. The van der Waals surface area contributed by atoms with E-state index < -0.39 is 5.60 Å². The van der Waals surface area contributed by atoms with E-state index in [1.54, 1.807) is 17.0 Å². The fraction of sp³-hybridized carbons (Fsp3) is 0.667. The summed E-state index contributed by atoms with van der Waals surface area (Å²) in [5, 5.41) is 0. The maximum absolute atomic E-state index is 12.2. The van der Waals surface area contributed by atoms with Crippen LogP contribution in [0.25, 0.3) is 0 Å². The molecular formula is C18H28N2O4. The summed E-state index contributed by atoms with van der Waals surface area (Å²) in [4.78, 5) is 28.0. The van der Waals surface area contributed by atoms with Gasteiger partial charge in [-0.05, 0) is 58.7 Å². The topological polar surface area (TPSA) is 63.0 Å². The number of rotatable bonds is 5. The quantitative estimate of drug-likeness (QED) is 0.773. The molecule has 6 heteroatoms. The molecule has 0 bridgehead atoms. The van der Waals surface area contributed by atoms with Crippen LogP contribution in [0.3, 0.4) is 0 Å². The van der Waals surface area contributed by atoms with Crippen molar-refractivity contribution in [2.24, 2.45) is 5.92 Å². The molecule has 1 fully saturated rings. The second-order valence-corrected chi connectivity index (χ2v) is 7.53. The van der Waals surface area contributed by atoms with Gasteiger partial charge in [0.1, 0.15) is 5.60 Å². The van der Waals surface area contributed by atoms with Crippen LogP contribution in [0.1, 0.15) is 44.2 Å². The molecule has 1 amide bonds. The molecule has 0 aliphatic carbocycles. The molecule has 1 aromatic heterocycles. The van der Waals surface area contributed by atoms with Crippen LogP contribution in [0.15, 0.2) is 22.8 Å². The minimum atomic E-state index is -0.476. The summed E-state index contributed by atoms with van der Waals surface area (Å²) >= 11 is 0. The third-order valence-electron chi connectivity index (χ3n) is 3.95. The van der Waals surface area contributed by atoms with Crippen molar-refractivity contribution < 1.29 is 18.7 Å². The number of carbonyl (C=O) groups excluding carboxylic acids is 2. The van der Waals surface area contributed by atoms with E-state index in [2.05, 4.69) is 0 Å². The minimum absolute atomic E-state index is 0.0256.